The van der Waals surface area contributed by atoms with Crippen LogP contribution in [-0.2, 0) is 4.79 Å². The van der Waals surface area contributed by atoms with Crippen molar-refractivity contribution in [3.8, 4) is 0 Å². The van der Waals surface area contributed by atoms with Gasteiger partial charge in [0.25, 0.3) is 5.91 Å². The van der Waals surface area contributed by atoms with Crippen LogP contribution < -0.4 is 10.2 Å². The number of carbonyl (C=O) groups excluding carboxylic acids is 2. The molecule has 0 unspecified atom stereocenters. The van der Waals surface area contributed by atoms with Gasteiger partial charge in [0, 0.05) is 44.1 Å². The molecule has 1 aromatic carbocycles. The van der Waals surface area contributed by atoms with E-state index in [1.54, 1.807) is 4.90 Å². The molecule has 1 N–H and O–H groups in total. The SMILES string of the molecule is O=CN1CCN(c2nccc(C(=O)Nc3ccc(F)c(F)c3)n2)CC1. The summed E-state index contributed by atoms with van der Waals surface area (Å²) in [6.45, 7) is 2.23. The molecule has 1 aromatic heterocycles. The van der Waals surface area contributed by atoms with E-state index in [4.69, 9.17) is 0 Å². The Labute approximate surface area is 142 Å². The quantitative estimate of drug-likeness (QED) is 0.843. The molecular formula is C16H15F2N5O2. The predicted octanol–water partition coefficient (Wildman–Crippen LogP) is 1.29. The maximum Gasteiger partial charge on any atom is 0.274 e. The molecule has 1 saturated heterocycles. The van der Waals surface area contributed by atoms with E-state index < -0.39 is 17.5 Å². The van der Waals surface area contributed by atoms with Gasteiger partial charge in [-0.3, -0.25) is 9.59 Å². The van der Waals surface area contributed by atoms with E-state index in [1.807, 2.05) is 4.90 Å². The topological polar surface area (TPSA) is 78.4 Å². The molecule has 130 valence electrons. The van der Waals surface area contributed by atoms with E-state index in [0.717, 1.165) is 18.5 Å². The second-order valence-corrected chi connectivity index (χ2v) is 5.45. The number of piperazine rings is 1. The van der Waals surface area contributed by atoms with Crippen molar-refractivity contribution in [3.63, 3.8) is 0 Å². The summed E-state index contributed by atoms with van der Waals surface area (Å²) in [5.41, 5.74) is 0.233. The van der Waals surface area contributed by atoms with Gasteiger partial charge >= 0.3 is 0 Å². The molecule has 0 radical (unpaired) electrons. The van der Waals surface area contributed by atoms with Gasteiger partial charge in [-0.25, -0.2) is 18.7 Å². The van der Waals surface area contributed by atoms with Gasteiger partial charge in [0.1, 0.15) is 5.69 Å². The van der Waals surface area contributed by atoms with Crippen LogP contribution in [0.15, 0.2) is 30.5 Å². The Balaban J connectivity index is 1.71. The minimum absolute atomic E-state index is 0.104. The Kier molecular flexibility index (Phi) is 4.82. The minimum Gasteiger partial charge on any atom is -0.342 e. The van der Waals surface area contributed by atoms with E-state index in [-0.39, 0.29) is 11.4 Å². The summed E-state index contributed by atoms with van der Waals surface area (Å²) in [4.78, 5) is 34.9. The molecule has 25 heavy (non-hydrogen) atoms. The van der Waals surface area contributed by atoms with Crippen LogP contribution in [0.3, 0.4) is 0 Å². The summed E-state index contributed by atoms with van der Waals surface area (Å²) >= 11 is 0. The Morgan fingerprint density at radius 2 is 1.88 bits per heavy atom. The van der Waals surface area contributed by atoms with Gasteiger partial charge in [0.05, 0.1) is 0 Å². The first-order valence-corrected chi connectivity index (χ1v) is 7.60. The summed E-state index contributed by atoms with van der Waals surface area (Å²) in [6, 6.07) is 4.52. The number of amides is 2. The van der Waals surface area contributed by atoms with Crippen molar-refractivity contribution < 1.29 is 18.4 Å². The fourth-order valence-corrected chi connectivity index (χ4v) is 2.42. The lowest BCUT2D eigenvalue weighted by Crippen LogP contribution is -2.46. The van der Waals surface area contributed by atoms with Crippen LogP contribution in [-0.4, -0.2) is 53.4 Å². The van der Waals surface area contributed by atoms with E-state index in [2.05, 4.69) is 15.3 Å². The Morgan fingerprint density at radius 1 is 1.12 bits per heavy atom. The Hall–Kier alpha value is -3.10. The average Bonchev–Trinajstić information content (AvgIpc) is 2.65. The molecule has 0 spiro atoms. The molecule has 1 aliphatic heterocycles. The number of hydrogen-bond donors (Lipinski definition) is 1. The largest absolute Gasteiger partial charge is 0.342 e. The molecule has 2 heterocycles. The molecule has 7 nitrogen and oxygen atoms in total. The van der Waals surface area contributed by atoms with Crippen molar-refractivity contribution in [2.24, 2.45) is 0 Å². The number of nitrogens with one attached hydrogen (secondary N) is 1. The molecule has 3 rings (SSSR count). The van der Waals surface area contributed by atoms with Gasteiger partial charge in [-0.1, -0.05) is 0 Å². The Bertz CT molecular complexity index is 794. The maximum atomic E-state index is 13.2. The van der Waals surface area contributed by atoms with Gasteiger partial charge in [-0.05, 0) is 18.2 Å². The van der Waals surface area contributed by atoms with Crippen LogP contribution >= 0.6 is 0 Å². The van der Waals surface area contributed by atoms with E-state index in [1.165, 1.54) is 18.3 Å². The van der Waals surface area contributed by atoms with Crippen LogP contribution in [0.1, 0.15) is 10.5 Å². The highest BCUT2D eigenvalue weighted by molar-refractivity contribution is 6.02. The van der Waals surface area contributed by atoms with Crippen LogP contribution in [0.2, 0.25) is 0 Å². The zero-order chi connectivity index (χ0) is 17.8. The number of rotatable bonds is 4. The van der Waals surface area contributed by atoms with Crippen LogP contribution in [0.5, 0.6) is 0 Å². The number of carbonyl (C=O) groups is 2. The third-order valence-corrected chi connectivity index (χ3v) is 3.80. The van der Waals surface area contributed by atoms with Gasteiger partial charge in [-0.15, -0.1) is 0 Å². The van der Waals surface area contributed by atoms with E-state index >= 15 is 0 Å². The highest BCUT2D eigenvalue weighted by Crippen LogP contribution is 2.15. The first-order valence-electron chi connectivity index (χ1n) is 7.60. The fourth-order valence-electron chi connectivity index (χ4n) is 2.42. The normalized spacial score (nSPS) is 14.3. The number of nitrogens with zero attached hydrogens (tertiary/aromatic N) is 4. The number of hydrogen-bond acceptors (Lipinski definition) is 5. The van der Waals surface area contributed by atoms with Crippen molar-refractivity contribution in [1.29, 1.82) is 0 Å². The van der Waals surface area contributed by atoms with Gasteiger partial charge in [0.2, 0.25) is 12.4 Å². The van der Waals surface area contributed by atoms with E-state index in [0.29, 0.717) is 32.1 Å². The number of aromatic nitrogens is 2. The molecule has 0 saturated carbocycles. The molecular weight excluding hydrogens is 332 g/mol. The van der Waals surface area contributed by atoms with Crippen molar-refractivity contribution in [3.05, 3.63) is 47.8 Å². The average molecular weight is 347 g/mol. The maximum absolute atomic E-state index is 13.2. The molecule has 2 aromatic rings. The lowest BCUT2D eigenvalue weighted by atomic mass is 10.3. The van der Waals surface area contributed by atoms with Crippen molar-refractivity contribution >= 4 is 24.0 Å². The minimum atomic E-state index is -1.05. The molecule has 0 aliphatic carbocycles. The molecule has 1 fully saturated rings. The third kappa shape index (κ3) is 3.87. The number of halogens is 2. The second-order valence-electron chi connectivity index (χ2n) is 5.45. The third-order valence-electron chi connectivity index (χ3n) is 3.80. The predicted molar refractivity (Wildman–Crippen MR) is 86.2 cm³/mol. The lowest BCUT2D eigenvalue weighted by Gasteiger charge is -2.32. The number of benzene rings is 1. The van der Waals surface area contributed by atoms with Crippen molar-refractivity contribution in [2.45, 2.75) is 0 Å². The van der Waals surface area contributed by atoms with Crippen LogP contribution in [0.25, 0.3) is 0 Å². The zero-order valence-corrected chi connectivity index (χ0v) is 13.2. The lowest BCUT2D eigenvalue weighted by molar-refractivity contribution is -0.118. The molecule has 9 heteroatoms. The molecule has 0 bridgehead atoms. The molecule has 1 aliphatic rings. The summed E-state index contributed by atoms with van der Waals surface area (Å²) in [7, 11) is 0. The highest BCUT2D eigenvalue weighted by Gasteiger charge is 2.19. The first kappa shape index (κ1) is 16.7. The number of anilines is 2. The standard InChI is InChI=1S/C16H15F2N5O2/c17-12-2-1-11(9-13(12)18)20-15(25)14-3-4-19-16(21-14)23-7-5-22(10-24)6-8-23/h1-4,9-10H,5-8H2,(H,20,25). The van der Waals surface area contributed by atoms with Crippen LogP contribution in [0, 0.1) is 11.6 Å². The van der Waals surface area contributed by atoms with Gasteiger partial charge in [-0.2, -0.15) is 0 Å². The zero-order valence-electron chi connectivity index (χ0n) is 13.2. The highest BCUT2D eigenvalue weighted by atomic mass is 19.2. The monoisotopic (exact) mass is 347 g/mol. The van der Waals surface area contributed by atoms with Crippen molar-refractivity contribution in [2.75, 3.05) is 36.4 Å². The summed E-state index contributed by atoms with van der Waals surface area (Å²) in [5.74, 6) is -2.21. The molecule has 0 atom stereocenters. The second kappa shape index (κ2) is 7.20. The van der Waals surface area contributed by atoms with E-state index in [9.17, 15) is 18.4 Å². The van der Waals surface area contributed by atoms with Crippen LogP contribution in [0.4, 0.5) is 20.4 Å². The smallest absolute Gasteiger partial charge is 0.274 e. The van der Waals surface area contributed by atoms with Crippen molar-refractivity contribution in [1.82, 2.24) is 14.9 Å². The summed E-state index contributed by atoms with van der Waals surface area (Å²) in [5, 5.41) is 2.46. The summed E-state index contributed by atoms with van der Waals surface area (Å²) < 4.78 is 26.1. The molecule has 2 amide bonds. The summed E-state index contributed by atoms with van der Waals surface area (Å²) in [6.07, 6.45) is 2.25. The first-order chi connectivity index (χ1) is 12.1. The Morgan fingerprint density at radius 3 is 2.56 bits per heavy atom. The van der Waals surface area contributed by atoms with Gasteiger partial charge in [0.15, 0.2) is 11.6 Å². The van der Waals surface area contributed by atoms with Gasteiger partial charge < -0.3 is 15.1 Å². The fraction of sp³-hybridized carbons (Fsp3) is 0.250.